The van der Waals surface area contributed by atoms with Crippen molar-refractivity contribution in [3.8, 4) is 0 Å². The fraction of sp³-hybridized carbons (Fsp3) is 0.429. The number of nitrogens with two attached hydrogens (primary N) is 1. The Morgan fingerprint density at radius 1 is 0.962 bits per heavy atom. The lowest BCUT2D eigenvalue weighted by Crippen LogP contribution is -2.35. The van der Waals surface area contributed by atoms with Crippen LogP contribution in [-0.4, -0.2) is 38.7 Å². The zero-order valence-electron chi connectivity index (χ0n) is 15.2. The first-order valence-electron chi connectivity index (χ1n) is 9.37. The van der Waals surface area contributed by atoms with E-state index in [9.17, 15) is 8.42 Å². The highest BCUT2D eigenvalue weighted by molar-refractivity contribution is 7.91. The molecule has 0 amide bonds. The van der Waals surface area contributed by atoms with Crippen molar-refractivity contribution >= 4 is 15.5 Å². The Morgan fingerprint density at radius 2 is 1.62 bits per heavy atom. The molecule has 4 nitrogen and oxygen atoms in total. The van der Waals surface area contributed by atoms with E-state index in [4.69, 9.17) is 5.73 Å². The van der Waals surface area contributed by atoms with Crippen LogP contribution in [0.3, 0.4) is 0 Å². The van der Waals surface area contributed by atoms with Crippen molar-refractivity contribution in [3.05, 3.63) is 60.2 Å². The van der Waals surface area contributed by atoms with Gasteiger partial charge in [-0.2, -0.15) is 0 Å². The fourth-order valence-electron chi connectivity index (χ4n) is 3.63. The van der Waals surface area contributed by atoms with Crippen LogP contribution in [0.25, 0.3) is 0 Å². The minimum absolute atomic E-state index is 0.195. The number of hydrogen-bond donors (Lipinski definition) is 1. The maximum Gasteiger partial charge on any atom is 0.178 e. The highest BCUT2D eigenvalue weighted by atomic mass is 32.2. The standard InChI is InChI=1S/C21H28N2O2S/c22-20-7-9-21(10-8-20)26(24,25)16-4-13-23-14-11-19(12-15-23)17-18-5-2-1-3-6-18/h1-3,5-10,19H,4,11-17,22H2. The van der Waals surface area contributed by atoms with E-state index in [2.05, 4.69) is 35.2 Å². The van der Waals surface area contributed by atoms with Crippen molar-refractivity contribution in [2.45, 2.75) is 30.6 Å². The molecule has 2 N–H and O–H groups in total. The highest BCUT2D eigenvalue weighted by Crippen LogP contribution is 2.22. The summed E-state index contributed by atoms with van der Waals surface area (Å²) in [5.41, 5.74) is 7.63. The monoisotopic (exact) mass is 372 g/mol. The van der Waals surface area contributed by atoms with Gasteiger partial charge in [0.1, 0.15) is 0 Å². The van der Waals surface area contributed by atoms with Gasteiger partial charge in [0.05, 0.1) is 10.6 Å². The first-order valence-corrected chi connectivity index (χ1v) is 11.0. The van der Waals surface area contributed by atoms with E-state index in [0.29, 0.717) is 17.0 Å². The summed E-state index contributed by atoms with van der Waals surface area (Å²) in [6, 6.07) is 17.2. The van der Waals surface area contributed by atoms with E-state index in [1.54, 1.807) is 24.3 Å². The molecule has 1 saturated heterocycles. The van der Waals surface area contributed by atoms with Crippen molar-refractivity contribution in [2.75, 3.05) is 31.1 Å². The Bertz CT molecular complexity index is 781. The molecule has 0 unspecified atom stereocenters. The summed E-state index contributed by atoms with van der Waals surface area (Å²) in [4.78, 5) is 2.77. The van der Waals surface area contributed by atoms with Crippen LogP contribution in [0.15, 0.2) is 59.5 Å². The van der Waals surface area contributed by atoms with Gasteiger partial charge in [0.25, 0.3) is 0 Å². The molecule has 2 aromatic rings. The molecule has 1 heterocycles. The van der Waals surface area contributed by atoms with Crippen molar-refractivity contribution < 1.29 is 8.42 Å². The number of likely N-dealkylation sites (tertiary alicyclic amines) is 1. The summed E-state index contributed by atoms with van der Waals surface area (Å²) < 4.78 is 24.8. The molecule has 5 heteroatoms. The van der Waals surface area contributed by atoms with Crippen LogP contribution in [0.4, 0.5) is 5.69 Å². The van der Waals surface area contributed by atoms with Crippen LogP contribution in [0.5, 0.6) is 0 Å². The molecule has 0 saturated carbocycles. The maximum absolute atomic E-state index is 12.4. The molecule has 0 aliphatic carbocycles. The van der Waals surface area contributed by atoms with Crippen LogP contribution in [0.2, 0.25) is 0 Å². The molecular weight excluding hydrogens is 344 g/mol. The summed E-state index contributed by atoms with van der Waals surface area (Å²) >= 11 is 0. The molecule has 0 aromatic heterocycles. The summed E-state index contributed by atoms with van der Waals surface area (Å²) in [7, 11) is -3.21. The molecular formula is C21H28N2O2S. The minimum atomic E-state index is -3.21. The van der Waals surface area contributed by atoms with Crippen LogP contribution in [-0.2, 0) is 16.3 Å². The van der Waals surface area contributed by atoms with E-state index in [-0.39, 0.29) is 5.75 Å². The smallest absolute Gasteiger partial charge is 0.178 e. The Balaban J connectivity index is 1.40. The minimum Gasteiger partial charge on any atom is -0.399 e. The third-order valence-corrected chi connectivity index (χ3v) is 7.02. The first-order chi connectivity index (χ1) is 12.5. The molecule has 0 atom stereocenters. The molecule has 3 rings (SSSR count). The SMILES string of the molecule is Nc1ccc(S(=O)(=O)CCCN2CCC(Cc3ccccc3)CC2)cc1. The summed E-state index contributed by atoms with van der Waals surface area (Å²) in [6.07, 6.45) is 4.22. The lowest BCUT2D eigenvalue weighted by molar-refractivity contribution is 0.184. The lowest BCUT2D eigenvalue weighted by Gasteiger charge is -2.32. The molecule has 140 valence electrons. The van der Waals surface area contributed by atoms with Crippen molar-refractivity contribution in [1.82, 2.24) is 4.90 Å². The normalized spacial score (nSPS) is 16.6. The Morgan fingerprint density at radius 3 is 2.27 bits per heavy atom. The third kappa shape index (κ3) is 5.32. The first kappa shape index (κ1) is 18.9. The van der Waals surface area contributed by atoms with E-state index >= 15 is 0 Å². The van der Waals surface area contributed by atoms with Crippen LogP contribution in [0, 0.1) is 5.92 Å². The third-order valence-electron chi connectivity index (χ3n) is 5.20. The summed E-state index contributed by atoms with van der Waals surface area (Å²) in [5, 5.41) is 0. The van der Waals surface area contributed by atoms with Crippen LogP contribution >= 0.6 is 0 Å². The number of rotatable bonds is 7. The second-order valence-corrected chi connectivity index (χ2v) is 9.33. The van der Waals surface area contributed by atoms with Crippen LogP contribution in [0.1, 0.15) is 24.8 Å². The number of nitrogen functional groups attached to an aromatic ring is 1. The van der Waals surface area contributed by atoms with Gasteiger partial charge in [-0.3, -0.25) is 0 Å². The second kappa shape index (κ2) is 8.69. The molecule has 0 spiro atoms. The number of benzene rings is 2. The average Bonchev–Trinajstić information content (AvgIpc) is 2.64. The number of nitrogens with zero attached hydrogens (tertiary/aromatic N) is 1. The Kier molecular flexibility index (Phi) is 6.33. The number of hydrogen-bond acceptors (Lipinski definition) is 4. The second-order valence-electron chi connectivity index (χ2n) is 7.22. The van der Waals surface area contributed by atoms with E-state index in [0.717, 1.165) is 32.0 Å². The maximum atomic E-state index is 12.4. The van der Waals surface area contributed by atoms with Gasteiger partial charge >= 0.3 is 0 Å². The predicted octanol–water partition coefficient (Wildman–Crippen LogP) is 3.39. The quantitative estimate of drug-likeness (QED) is 0.757. The average molecular weight is 373 g/mol. The van der Waals surface area contributed by atoms with Gasteiger partial charge in [0.15, 0.2) is 9.84 Å². The van der Waals surface area contributed by atoms with Crippen LogP contribution < -0.4 is 5.73 Å². The predicted molar refractivity (Wildman–Crippen MR) is 107 cm³/mol. The Hall–Kier alpha value is -1.85. The van der Waals surface area contributed by atoms with Gasteiger partial charge in [0.2, 0.25) is 0 Å². The largest absolute Gasteiger partial charge is 0.399 e. The molecule has 2 aromatic carbocycles. The topological polar surface area (TPSA) is 63.4 Å². The molecule has 0 bridgehead atoms. The molecule has 1 aliphatic heterocycles. The molecule has 1 fully saturated rings. The van der Waals surface area contributed by atoms with Gasteiger partial charge in [-0.05, 0) is 81.1 Å². The highest BCUT2D eigenvalue weighted by Gasteiger charge is 2.20. The Labute approximate surface area is 156 Å². The molecule has 26 heavy (non-hydrogen) atoms. The number of piperidine rings is 1. The van der Waals surface area contributed by atoms with Gasteiger partial charge in [-0.25, -0.2) is 8.42 Å². The van der Waals surface area contributed by atoms with Crippen molar-refractivity contribution in [3.63, 3.8) is 0 Å². The lowest BCUT2D eigenvalue weighted by atomic mass is 9.90. The fourth-order valence-corrected chi connectivity index (χ4v) is 4.93. The van der Waals surface area contributed by atoms with Gasteiger partial charge in [-0.15, -0.1) is 0 Å². The molecule has 0 radical (unpaired) electrons. The molecule has 1 aliphatic rings. The number of sulfone groups is 1. The zero-order chi connectivity index (χ0) is 18.4. The summed E-state index contributed by atoms with van der Waals surface area (Å²) in [6.45, 7) is 2.99. The van der Waals surface area contributed by atoms with Gasteiger partial charge in [-0.1, -0.05) is 30.3 Å². The van der Waals surface area contributed by atoms with E-state index < -0.39 is 9.84 Å². The van der Waals surface area contributed by atoms with Gasteiger partial charge < -0.3 is 10.6 Å². The summed E-state index contributed by atoms with van der Waals surface area (Å²) in [5.74, 6) is 0.938. The van der Waals surface area contributed by atoms with Crippen molar-refractivity contribution in [1.29, 1.82) is 0 Å². The van der Waals surface area contributed by atoms with E-state index in [1.165, 1.54) is 18.4 Å². The van der Waals surface area contributed by atoms with Gasteiger partial charge in [0, 0.05) is 5.69 Å². The van der Waals surface area contributed by atoms with Crippen molar-refractivity contribution in [2.24, 2.45) is 5.92 Å². The number of anilines is 1. The zero-order valence-corrected chi connectivity index (χ0v) is 16.0. The van der Waals surface area contributed by atoms with E-state index in [1.807, 2.05) is 0 Å².